The molecule has 0 radical (unpaired) electrons. The topological polar surface area (TPSA) is 72.4 Å². The van der Waals surface area contributed by atoms with Gasteiger partial charge in [-0.15, -0.1) is 11.3 Å². The van der Waals surface area contributed by atoms with Gasteiger partial charge in [-0.3, -0.25) is 4.90 Å². The van der Waals surface area contributed by atoms with Crippen LogP contribution in [0.15, 0.2) is 23.8 Å². The van der Waals surface area contributed by atoms with Crippen molar-refractivity contribution in [3.05, 3.63) is 34.7 Å². The summed E-state index contributed by atoms with van der Waals surface area (Å²) in [6.45, 7) is 4.35. The van der Waals surface area contributed by atoms with Gasteiger partial charge >= 0.3 is 0 Å². The van der Waals surface area contributed by atoms with Crippen LogP contribution in [0.3, 0.4) is 0 Å². The fourth-order valence-electron chi connectivity index (χ4n) is 2.48. The molecular formula is C15H21N5O2S. The molecule has 0 bridgehead atoms. The molecule has 1 aliphatic rings. The number of anilines is 1. The monoisotopic (exact) mass is 335 g/mol. The molecule has 1 aliphatic heterocycles. The molecule has 0 saturated carbocycles. The van der Waals surface area contributed by atoms with E-state index in [9.17, 15) is 0 Å². The van der Waals surface area contributed by atoms with Gasteiger partial charge in [0, 0.05) is 38.0 Å². The number of thiazole rings is 1. The number of hydrogen-bond donors (Lipinski definition) is 1. The normalized spacial score (nSPS) is 18.9. The molecule has 0 amide bonds. The third kappa shape index (κ3) is 4.44. The number of rotatable bonds is 7. The smallest absolute Gasteiger partial charge is 0.150 e. The fraction of sp³-hybridized carbons (Fsp3) is 0.533. The van der Waals surface area contributed by atoms with Crippen LogP contribution in [0.5, 0.6) is 0 Å². The summed E-state index contributed by atoms with van der Waals surface area (Å²) in [6, 6.07) is 1.92. The number of hydrogen-bond acceptors (Lipinski definition) is 8. The molecule has 1 fully saturated rings. The maximum Gasteiger partial charge on any atom is 0.150 e. The van der Waals surface area contributed by atoms with Crippen molar-refractivity contribution < 1.29 is 9.47 Å². The van der Waals surface area contributed by atoms with Gasteiger partial charge < -0.3 is 14.8 Å². The first-order valence-corrected chi connectivity index (χ1v) is 8.50. The molecule has 0 aromatic carbocycles. The molecule has 2 aromatic rings. The Bertz CT molecular complexity index is 595. The summed E-state index contributed by atoms with van der Waals surface area (Å²) in [5.41, 5.74) is 0. The Hall–Kier alpha value is -1.61. The molecule has 1 unspecified atom stereocenters. The van der Waals surface area contributed by atoms with E-state index in [1.54, 1.807) is 24.6 Å². The Balaban J connectivity index is 1.70. The van der Waals surface area contributed by atoms with Crippen LogP contribution in [0.25, 0.3) is 0 Å². The molecule has 8 heteroatoms. The molecule has 1 saturated heterocycles. The Kier molecular flexibility index (Phi) is 5.87. The average molecular weight is 335 g/mol. The first-order chi connectivity index (χ1) is 11.4. The van der Waals surface area contributed by atoms with Gasteiger partial charge in [0.05, 0.1) is 32.4 Å². The van der Waals surface area contributed by atoms with Gasteiger partial charge in [0.25, 0.3) is 0 Å². The lowest BCUT2D eigenvalue weighted by molar-refractivity contribution is -0.0159. The molecule has 124 valence electrons. The van der Waals surface area contributed by atoms with Gasteiger partial charge in [-0.25, -0.2) is 15.0 Å². The molecule has 1 atom stereocenters. The SMILES string of the molecule is COCCNc1ccnc(C2COCCN2Cc2nccs2)n1. The van der Waals surface area contributed by atoms with Gasteiger partial charge in [-0.2, -0.15) is 0 Å². The highest BCUT2D eigenvalue weighted by molar-refractivity contribution is 7.09. The predicted molar refractivity (Wildman–Crippen MR) is 88.5 cm³/mol. The van der Waals surface area contributed by atoms with Crippen LogP contribution in [0.2, 0.25) is 0 Å². The highest BCUT2D eigenvalue weighted by Gasteiger charge is 2.27. The van der Waals surface area contributed by atoms with E-state index < -0.39 is 0 Å². The summed E-state index contributed by atoms with van der Waals surface area (Å²) in [4.78, 5) is 15.8. The van der Waals surface area contributed by atoms with Crippen LogP contribution in [0.4, 0.5) is 5.82 Å². The van der Waals surface area contributed by atoms with Gasteiger partial charge in [0.2, 0.25) is 0 Å². The Morgan fingerprint density at radius 2 is 2.39 bits per heavy atom. The maximum absolute atomic E-state index is 5.65. The first-order valence-electron chi connectivity index (χ1n) is 7.62. The van der Waals surface area contributed by atoms with Gasteiger partial charge in [0.1, 0.15) is 16.6 Å². The van der Waals surface area contributed by atoms with Crippen molar-refractivity contribution in [2.75, 3.05) is 45.3 Å². The summed E-state index contributed by atoms with van der Waals surface area (Å²) in [5.74, 6) is 1.59. The van der Waals surface area contributed by atoms with Crippen molar-refractivity contribution in [2.45, 2.75) is 12.6 Å². The fourth-order valence-corrected chi connectivity index (χ4v) is 3.12. The van der Waals surface area contributed by atoms with Gasteiger partial charge in [0.15, 0.2) is 0 Å². The highest BCUT2D eigenvalue weighted by atomic mass is 32.1. The van der Waals surface area contributed by atoms with Crippen LogP contribution in [-0.2, 0) is 16.0 Å². The first kappa shape index (κ1) is 16.3. The summed E-state index contributed by atoms with van der Waals surface area (Å²) >= 11 is 1.67. The Morgan fingerprint density at radius 3 is 3.22 bits per heavy atom. The molecule has 23 heavy (non-hydrogen) atoms. The molecule has 1 N–H and O–H groups in total. The lowest BCUT2D eigenvalue weighted by Gasteiger charge is -2.33. The standard InChI is InChI=1S/C15H21N5O2S/c1-21-7-4-16-13-2-3-18-15(19-13)12-11-22-8-6-20(12)10-14-17-5-9-23-14/h2-3,5,9,12H,4,6-8,10-11H2,1H3,(H,16,18,19). The van der Waals surface area contributed by atoms with Gasteiger partial charge in [-0.1, -0.05) is 0 Å². The van der Waals surface area contributed by atoms with Crippen molar-refractivity contribution >= 4 is 17.2 Å². The third-order valence-electron chi connectivity index (χ3n) is 3.65. The summed E-state index contributed by atoms with van der Waals surface area (Å²) in [5, 5.41) is 6.34. The van der Waals surface area contributed by atoms with E-state index in [2.05, 4.69) is 25.2 Å². The third-order valence-corrected chi connectivity index (χ3v) is 4.41. The highest BCUT2D eigenvalue weighted by Crippen LogP contribution is 2.24. The van der Waals surface area contributed by atoms with E-state index in [1.807, 2.05) is 17.6 Å². The number of nitrogens with one attached hydrogen (secondary N) is 1. The Labute approximate surface area is 139 Å². The minimum absolute atomic E-state index is 0.0526. The van der Waals surface area contributed by atoms with Crippen molar-refractivity contribution in [2.24, 2.45) is 0 Å². The minimum atomic E-state index is 0.0526. The van der Waals surface area contributed by atoms with Crippen LogP contribution in [0.1, 0.15) is 16.9 Å². The second kappa shape index (κ2) is 8.30. The van der Waals surface area contributed by atoms with E-state index in [1.165, 1.54) is 0 Å². The van der Waals surface area contributed by atoms with Gasteiger partial charge in [-0.05, 0) is 6.07 Å². The van der Waals surface area contributed by atoms with E-state index in [-0.39, 0.29) is 6.04 Å². The molecule has 2 aromatic heterocycles. The van der Waals surface area contributed by atoms with Crippen molar-refractivity contribution in [3.8, 4) is 0 Å². The largest absolute Gasteiger partial charge is 0.383 e. The second-order valence-electron chi connectivity index (χ2n) is 5.21. The quantitative estimate of drug-likeness (QED) is 0.770. The molecule has 3 heterocycles. The molecule has 7 nitrogen and oxygen atoms in total. The van der Waals surface area contributed by atoms with Crippen LogP contribution >= 0.6 is 11.3 Å². The molecular weight excluding hydrogens is 314 g/mol. The van der Waals surface area contributed by atoms with E-state index in [0.29, 0.717) is 13.2 Å². The maximum atomic E-state index is 5.65. The molecule has 0 spiro atoms. The number of morpholine rings is 1. The van der Waals surface area contributed by atoms with Crippen LogP contribution in [0, 0.1) is 0 Å². The number of nitrogens with zero attached hydrogens (tertiary/aromatic N) is 4. The lowest BCUT2D eigenvalue weighted by atomic mass is 10.2. The summed E-state index contributed by atoms with van der Waals surface area (Å²) in [6.07, 6.45) is 3.62. The van der Waals surface area contributed by atoms with Crippen molar-refractivity contribution in [1.82, 2.24) is 19.9 Å². The zero-order valence-electron chi connectivity index (χ0n) is 13.1. The second-order valence-corrected chi connectivity index (χ2v) is 6.19. The zero-order valence-corrected chi connectivity index (χ0v) is 14.0. The lowest BCUT2D eigenvalue weighted by Crippen LogP contribution is -2.39. The van der Waals surface area contributed by atoms with E-state index in [0.717, 1.165) is 42.9 Å². The molecule has 3 rings (SSSR count). The van der Waals surface area contributed by atoms with Crippen molar-refractivity contribution in [1.29, 1.82) is 0 Å². The van der Waals surface area contributed by atoms with Crippen LogP contribution in [-0.4, -0.2) is 59.9 Å². The summed E-state index contributed by atoms with van der Waals surface area (Å²) in [7, 11) is 1.68. The van der Waals surface area contributed by atoms with Crippen molar-refractivity contribution in [3.63, 3.8) is 0 Å². The number of ether oxygens (including phenoxy) is 2. The minimum Gasteiger partial charge on any atom is -0.383 e. The van der Waals surface area contributed by atoms with E-state index >= 15 is 0 Å². The zero-order chi connectivity index (χ0) is 15.9. The average Bonchev–Trinajstić information content (AvgIpc) is 3.09. The summed E-state index contributed by atoms with van der Waals surface area (Å²) < 4.78 is 10.7. The Morgan fingerprint density at radius 1 is 1.43 bits per heavy atom. The predicted octanol–water partition coefficient (Wildman–Crippen LogP) is 1.56. The molecule has 0 aliphatic carbocycles. The van der Waals surface area contributed by atoms with E-state index in [4.69, 9.17) is 9.47 Å². The number of aromatic nitrogens is 3. The number of methoxy groups -OCH3 is 1. The van der Waals surface area contributed by atoms with Crippen LogP contribution < -0.4 is 5.32 Å².